The van der Waals surface area contributed by atoms with Crippen molar-refractivity contribution >= 4 is 11.9 Å². The number of rotatable bonds is 7. The molecule has 1 aromatic carbocycles. The molecule has 1 atom stereocenters. The minimum Gasteiger partial charge on any atom is -0.480 e. The van der Waals surface area contributed by atoms with Gasteiger partial charge in [-0.2, -0.15) is 0 Å². The number of benzene rings is 1. The van der Waals surface area contributed by atoms with Crippen molar-refractivity contribution in [3.05, 3.63) is 35.9 Å². The molecule has 0 saturated carbocycles. The normalized spacial score (nSPS) is 11.9. The fourth-order valence-electron chi connectivity index (χ4n) is 1.91. The summed E-state index contributed by atoms with van der Waals surface area (Å²) >= 11 is 0. The van der Waals surface area contributed by atoms with Crippen molar-refractivity contribution in [1.82, 2.24) is 4.90 Å². The standard InChI is InChI=1S/C15H21NO3/c1-3-4-10-14(17)16(2)13(15(18)19)11-12-8-6-5-7-9-12/h5-9,13H,3-4,10-11H2,1-2H3,(H,18,19)/t13-/m0/s1. The molecule has 0 saturated heterocycles. The number of amides is 1. The van der Waals surface area contributed by atoms with E-state index in [1.165, 1.54) is 4.90 Å². The quantitative estimate of drug-likeness (QED) is 0.821. The molecule has 0 unspecified atom stereocenters. The molecule has 0 bridgehead atoms. The number of carboxylic acid groups (broad SMARTS) is 1. The zero-order chi connectivity index (χ0) is 14.3. The SMILES string of the molecule is CCCCC(=O)N(C)[C@@H](Cc1ccccc1)C(=O)O. The molecule has 4 heteroatoms. The molecule has 1 aromatic rings. The van der Waals surface area contributed by atoms with Crippen LogP contribution in [0.3, 0.4) is 0 Å². The molecule has 0 aliphatic heterocycles. The van der Waals surface area contributed by atoms with Crippen LogP contribution in [0.2, 0.25) is 0 Å². The lowest BCUT2D eigenvalue weighted by Crippen LogP contribution is -2.43. The lowest BCUT2D eigenvalue weighted by molar-refractivity contribution is -0.149. The third kappa shape index (κ3) is 4.73. The van der Waals surface area contributed by atoms with Gasteiger partial charge in [-0.25, -0.2) is 4.79 Å². The van der Waals surface area contributed by atoms with Crippen molar-refractivity contribution in [2.45, 2.75) is 38.6 Å². The number of carboxylic acids is 1. The van der Waals surface area contributed by atoms with Crippen LogP contribution >= 0.6 is 0 Å². The summed E-state index contributed by atoms with van der Waals surface area (Å²) in [6.07, 6.45) is 2.47. The van der Waals surface area contributed by atoms with Gasteiger partial charge in [-0.15, -0.1) is 0 Å². The van der Waals surface area contributed by atoms with Gasteiger partial charge in [0.25, 0.3) is 0 Å². The van der Waals surface area contributed by atoms with Crippen molar-refractivity contribution in [3.8, 4) is 0 Å². The Morgan fingerprint density at radius 1 is 1.26 bits per heavy atom. The van der Waals surface area contributed by atoms with E-state index in [4.69, 9.17) is 0 Å². The van der Waals surface area contributed by atoms with Crippen LogP contribution < -0.4 is 0 Å². The number of carbonyl (C=O) groups excluding carboxylic acids is 1. The third-order valence-electron chi connectivity index (χ3n) is 3.16. The summed E-state index contributed by atoms with van der Waals surface area (Å²) in [5.41, 5.74) is 0.921. The predicted molar refractivity (Wildman–Crippen MR) is 73.9 cm³/mol. The first-order chi connectivity index (χ1) is 9.06. The highest BCUT2D eigenvalue weighted by molar-refractivity contribution is 5.83. The number of aliphatic carboxylic acids is 1. The minimum absolute atomic E-state index is 0.106. The summed E-state index contributed by atoms with van der Waals surface area (Å²) in [5, 5.41) is 9.29. The summed E-state index contributed by atoms with van der Waals surface area (Å²) in [6, 6.07) is 8.57. The third-order valence-corrected chi connectivity index (χ3v) is 3.16. The van der Waals surface area contributed by atoms with Crippen LogP contribution in [0.5, 0.6) is 0 Å². The van der Waals surface area contributed by atoms with Gasteiger partial charge in [0.15, 0.2) is 0 Å². The lowest BCUT2D eigenvalue weighted by atomic mass is 10.0. The molecule has 1 rings (SSSR count). The van der Waals surface area contributed by atoms with Crippen LogP contribution in [-0.4, -0.2) is 35.0 Å². The molecule has 0 spiro atoms. The van der Waals surface area contributed by atoms with E-state index < -0.39 is 12.0 Å². The number of hydrogen-bond donors (Lipinski definition) is 1. The van der Waals surface area contributed by atoms with E-state index in [9.17, 15) is 14.7 Å². The first-order valence-corrected chi connectivity index (χ1v) is 6.58. The highest BCUT2D eigenvalue weighted by Crippen LogP contribution is 2.10. The van der Waals surface area contributed by atoms with Crippen LogP contribution in [-0.2, 0) is 16.0 Å². The zero-order valence-corrected chi connectivity index (χ0v) is 11.5. The van der Waals surface area contributed by atoms with Gasteiger partial charge in [0, 0.05) is 19.9 Å². The molecular formula is C15H21NO3. The first kappa shape index (κ1) is 15.2. The van der Waals surface area contributed by atoms with Gasteiger partial charge in [-0.05, 0) is 12.0 Å². The second-order valence-electron chi connectivity index (χ2n) is 4.65. The van der Waals surface area contributed by atoms with Crippen LogP contribution in [0.25, 0.3) is 0 Å². The molecule has 0 aliphatic rings. The van der Waals surface area contributed by atoms with E-state index in [0.29, 0.717) is 12.8 Å². The smallest absolute Gasteiger partial charge is 0.326 e. The van der Waals surface area contributed by atoms with E-state index in [1.54, 1.807) is 7.05 Å². The van der Waals surface area contributed by atoms with Crippen molar-refractivity contribution in [1.29, 1.82) is 0 Å². The van der Waals surface area contributed by atoms with Crippen molar-refractivity contribution < 1.29 is 14.7 Å². The monoisotopic (exact) mass is 263 g/mol. The predicted octanol–water partition coefficient (Wildman–Crippen LogP) is 2.33. The summed E-state index contributed by atoms with van der Waals surface area (Å²) in [5.74, 6) is -1.07. The maximum atomic E-state index is 11.9. The maximum absolute atomic E-state index is 11.9. The number of nitrogens with zero attached hydrogens (tertiary/aromatic N) is 1. The Morgan fingerprint density at radius 2 is 1.89 bits per heavy atom. The van der Waals surface area contributed by atoms with Gasteiger partial charge in [-0.3, -0.25) is 4.79 Å². The fourth-order valence-corrected chi connectivity index (χ4v) is 1.91. The summed E-state index contributed by atoms with van der Waals surface area (Å²) < 4.78 is 0. The average Bonchev–Trinajstić information content (AvgIpc) is 2.42. The van der Waals surface area contributed by atoms with Gasteiger partial charge in [0.05, 0.1) is 0 Å². The second kappa shape index (κ2) is 7.56. The molecule has 1 amide bonds. The van der Waals surface area contributed by atoms with E-state index >= 15 is 0 Å². The van der Waals surface area contributed by atoms with Crippen LogP contribution in [0.15, 0.2) is 30.3 Å². The van der Waals surface area contributed by atoms with Crippen LogP contribution in [0, 0.1) is 0 Å². The average molecular weight is 263 g/mol. The van der Waals surface area contributed by atoms with Crippen LogP contribution in [0.4, 0.5) is 0 Å². The van der Waals surface area contributed by atoms with Gasteiger partial charge >= 0.3 is 5.97 Å². The molecule has 0 aromatic heterocycles. The second-order valence-corrected chi connectivity index (χ2v) is 4.65. The molecule has 0 heterocycles. The molecule has 104 valence electrons. The number of carbonyl (C=O) groups is 2. The lowest BCUT2D eigenvalue weighted by Gasteiger charge is -2.25. The van der Waals surface area contributed by atoms with Gasteiger partial charge < -0.3 is 10.0 Å². The molecule has 4 nitrogen and oxygen atoms in total. The van der Waals surface area contributed by atoms with E-state index in [0.717, 1.165) is 18.4 Å². The molecule has 1 N–H and O–H groups in total. The fraction of sp³-hybridized carbons (Fsp3) is 0.467. The topological polar surface area (TPSA) is 57.6 Å². The summed E-state index contributed by atoms with van der Waals surface area (Å²) in [4.78, 5) is 24.6. The van der Waals surface area contributed by atoms with Gasteiger partial charge in [-0.1, -0.05) is 43.7 Å². The number of likely N-dealkylation sites (N-methyl/N-ethyl adjacent to an activating group) is 1. The van der Waals surface area contributed by atoms with Crippen molar-refractivity contribution in [2.24, 2.45) is 0 Å². The zero-order valence-electron chi connectivity index (χ0n) is 11.5. The first-order valence-electron chi connectivity index (χ1n) is 6.58. The Bertz CT molecular complexity index is 417. The molecule has 0 radical (unpaired) electrons. The Kier molecular flexibility index (Phi) is 6.06. The largest absolute Gasteiger partial charge is 0.480 e. The maximum Gasteiger partial charge on any atom is 0.326 e. The Morgan fingerprint density at radius 3 is 2.42 bits per heavy atom. The Labute approximate surface area is 114 Å². The van der Waals surface area contributed by atoms with E-state index in [2.05, 4.69) is 0 Å². The van der Waals surface area contributed by atoms with E-state index in [1.807, 2.05) is 37.3 Å². The van der Waals surface area contributed by atoms with Gasteiger partial charge in [0.1, 0.15) is 6.04 Å². The van der Waals surface area contributed by atoms with E-state index in [-0.39, 0.29) is 5.91 Å². The Balaban J connectivity index is 2.72. The number of hydrogen-bond acceptors (Lipinski definition) is 2. The molecular weight excluding hydrogens is 242 g/mol. The van der Waals surface area contributed by atoms with Crippen molar-refractivity contribution in [2.75, 3.05) is 7.05 Å². The highest BCUT2D eigenvalue weighted by Gasteiger charge is 2.26. The Hall–Kier alpha value is -1.84. The molecule has 0 aliphatic carbocycles. The van der Waals surface area contributed by atoms with Crippen LogP contribution in [0.1, 0.15) is 31.7 Å². The highest BCUT2D eigenvalue weighted by atomic mass is 16.4. The summed E-state index contributed by atoms with van der Waals surface area (Å²) in [6.45, 7) is 2.01. The molecule has 0 fully saturated rings. The summed E-state index contributed by atoms with van der Waals surface area (Å²) in [7, 11) is 1.57. The van der Waals surface area contributed by atoms with Crippen molar-refractivity contribution in [3.63, 3.8) is 0 Å². The van der Waals surface area contributed by atoms with Gasteiger partial charge in [0.2, 0.25) is 5.91 Å². The minimum atomic E-state index is -0.962. The number of unbranched alkanes of at least 4 members (excludes halogenated alkanes) is 1. The molecule has 19 heavy (non-hydrogen) atoms.